The average molecular weight is 310 g/mol. The number of H-pyrrole nitrogens is 1. The van der Waals surface area contributed by atoms with Crippen molar-refractivity contribution in [2.45, 2.75) is 13.8 Å². The topological polar surface area (TPSA) is 65.2 Å². The Hall–Kier alpha value is -1.47. The summed E-state index contributed by atoms with van der Waals surface area (Å²) in [5.41, 5.74) is 2.41. The summed E-state index contributed by atoms with van der Waals surface area (Å²) < 4.78 is 20.8. The number of rotatable bonds is 5. The maximum atomic E-state index is 10.6. The van der Waals surface area contributed by atoms with E-state index in [4.69, 9.17) is 4.84 Å². The van der Waals surface area contributed by atoms with Crippen molar-refractivity contribution in [1.29, 1.82) is 0 Å². The van der Waals surface area contributed by atoms with Gasteiger partial charge in [0.25, 0.3) is 0 Å². The molecule has 0 fully saturated rings. The van der Waals surface area contributed by atoms with Gasteiger partial charge in [0.1, 0.15) is 13.1 Å². The number of aromatic nitrogens is 1. The molecule has 1 heterocycles. The lowest BCUT2D eigenvalue weighted by atomic mass is 10.2. The van der Waals surface area contributed by atoms with Crippen molar-refractivity contribution in [2.24, 2.45) is 0 Å². The highest BCUT2D eigenvalue weighted by Crippen LogP contribution is 2.14. The number of benzene rings is 1. The first-order valence-corrected chi connectivity index (χ1v) is 7.84. The molecule has 0 aliphatic carbocycles. The molecule has 21 heavy (non-hydrogen) atoms. The molecular weight excluding hydrogens is 288 g/mol. The highest BCUT2D eigenvalue weighted by atomic mass is 32.2. The number of quaternary nitrogens is 1. The Bertz CT molecular complexity index is 517. The number of nitrogens with one attached hydrogen (secondary N) is 1. The minimum Gasteiger partial charge on any atom is -0.722 e. The lowest BCUT2D eigenvalue weighted by Crippen LogP contribution is -2.47. The van der Waals surface area contributed by atoms with E-state index in [9.17, 15) is 8.76 Å². The van der Waals surface area contributed by atoms with Crippen LogP contribution in [0, 0.1) is 0 Å². The fraction of sp³-hybridized carbons (Fsp3) is 0.333. The molecular formula is C15H22N2O3S. The molecule has 1 aromatic heterocycles. The summed E-state index contributed by atoms with van der Waals surface area (Å²) in [5, 5.41) is 0. The third-order valence-electron chi connectivity index (χ3n) is 3.25. The second-order valence-electron chi connectivity index (χ2n) is 4.30. The van der Waals surface area contributed by atoms with Crippen molar-refractivity contribution < 1.29 is 17.7 Å². The van der Waals surface area contributed by atoms with Gasteiger partial charge in [-0.15, -0.1) is 4.05 Å². The van der Waals surface area contributed by atoms with Crippen molar-refractivity contribution in [2.75, 3.05) is 20.2 Å². The Kier molecular flexibility index (Phi) is 7.31. The predicted octanol–water partition coefficient (Wildman–Crippen LogP) is 2.88. The Labute approximate surface area is 128 Å². The molecule has 116 valence electrons. The third kappa shape index (κ3) is 4.78. The van der Waals surface area contributed by atoms with Gasteiger partial charge in [-0.3, -0.25) is 0 Å². The highest BCUT2D eigenvalue weighted by molar-refractivity contribution is 7.73. The largest absolute Gasteiger partial charge is 0.722 e. The van der Waals surface area contributed by atoms with Gasteiger partial charge in [-0.1, -0.05) is 30.3 Å². The highest BCUT2D eigenvalue weighted by Gasteiger charge is 2.25. The molecule has 2 aromatic rings. The van der Waals surface area contributed by atoms with E-state index >= 15 is 0 Å². The third-order valence-corrected chi connectivity index (χ3v) is 4.46. The summed E-state index contributed by atoms with van der Waals surface area (Å²) in [4.78, 5) is 7.98. The van der Waals surface area contributed by atoms with Crippen LogP contribution in [0.5, 0.6) is 0 Å². The standard InChI is InChI=1S/C10H9N.C5H13NO3S/c1-2-5-9(6-3-1)10-7-4-8-11-10;1-4-6(5-2,9-3)10(7)8/h1-8,11H;4-5H2,1-3H3. The SMILES string of the molecule is CC[N+](CC)(OC)S(=O)[O-].c1ccc(-c2ccc[nH]2)cc1. The first-order chi connectivity index (χ1) is 10.1. The first kappa shape index (κ1) is 17.6. The van der Waals surface area contributed by atoms with Crippen LogP contribution in [0.25, 0.3) is 11.3 Å². The number of hydrogen-bond donors (Lipinski definition) is 1. The molecule has 0 aliphatic rings. The second kappa shape index (κ2) is 8.74. The number of nitrogens with zero attached hydrogens (tertiary/aromatic N) is 1. The van der Waals surface area contributed by atoms with E-state index in [1.807, 2.05) is 30.5 Å². The molecule has 1 unspecified atom stereocenters. The lowest BCUT2D eigenvalue weighted by Gasteiger charge is -2.31. The van der Waals surface area contributed by atoms with Gasteiger partial charge in [0.2, 0.25) is 0 Å². The fourth-order valence-electron chi connectivity index (χ4n) is 1.88. The van der Waals surface area contributed by atoms with Crippen LogP contribution in [0.3, 0.4) is 0 Å². The van der Waals surface area contributed by atoms with Gasteiger partial charge >= 0.3 is 0 Å². The van der Waals surface area contributed by atoms with Gasteiger partial charge in [0, 0.05) is 11.9 Å². The predicted molar refractivity (Wildman–Crippen MR) is 83.5 cm³/mol. The molecule has 0 bridgehead atoms. The van der Waals surface area contributed by atoms with E-state index in [1.54, 1.807) is 13.8 Å². The first-order valence-electron chi connectivity index (χ1n) is 6.81. The van der Waals surface area contributed by atoms with Gasteiger partial charge in [-0.05, 0) is 31.5 Å². The van der Waals surface area contributed by atoms with E-state index in [1.165, 1.54) is 18.4 Å². The van der Waals surface area contributed by atoms with Crippen molar-refractivity contribution in [1.82, 2.24) is 4.98 Å². The second-order valence-corrected chi connectivity index (χ2v) is 5.40. The van der Waals surface area contributed by atoms with Crippen molar-refractivity contribution in [3.05, 3.63) is 48.7 Å². The molecule has 1 N–H and O–H groups in total. The van der Waals surface area contributed by atoms with Gasteiger partial charge in [0.15, 0.2) is 11.3 Å². The lowest BCUT2D eigenvalue weighted by molar-refractivity contribution is -0.999. The summed E-state index contributed by atoms with van der Waals surface area (Å²) in [7, 11) is 1.39. The number of hydroxylamine groups is 2. The molecule has 0 saturated carbocycles. The zero-order valence-electron chi connectivity index (χ0n) is 12.6. The Balaban J connectivity index is 0.000000212. The smallest absolute Gasteiger partial charge is 0.182 e. The van der Waals surface area contributed by atoms with Gasteiger partial charge < -0.3 is 9.54 Å². The van der Waals surface area contributed by atoms with E-state index < -0.39 is 11.3 Å². The number of hydrogen-bond acceptors (Lipinski definition) is 3. The average Bonchev–Trinajstić information content (AvgIpc) is 3.05. The van der Waals surface area contributed by atoms with E-state index in [0.717, 1.165) is 0 Å². The van der Waals surface area contributed by atoms with E-state index in [-0.39, 0.29) is 4.05 Å². The fourth-order valence-corrected chi connectivity index (χ4v) is 2.42. The quantitative estimate of drug-likeness (QED) is 0.524. The molecule has 6 heteroatoms. The maximum absolute atomic E-state index is 10.6. The van der Waals surface area contributed by atoms with Crippen LogP contribution in [0.2, 0.25) is 0 Å². The summed E-state index contributed by atoms with van der Waals surface area (Å²) >= 11 is -2.20. The van der Waals surface area contributed by atoms with Gasteiger partial charge in [0.05, 0.1) is 7.11 Å². The van der Waals surface area contributed by atoms with Crippen LogP contribution < -0.4 is 0 Å². The van der Waals surface area contributed by atoms with Gasteiger partial charge in [-0.2, -0.15) is 4.84 Å². The molecule has 0 amide bonds. The molecule has 2 rings (SSSR count). The van der Waals surface area contributed by atoms with Crippen LogP contribution in [0.15, 0.2) is 48.7 Å². The van der Waals surface area contributed by atoms with Crippen LogP contribution in [-0.2, 0) is 16.1 Å². The summed E-state index contributed by atoms with van der Waals surface area (Å²) in [5.74, 6) is 0. The van der Waals surface area contributed by atoms with Gasteiger partial charge in [-0.25, -0.2) is 4.21 Å². The maximum Gasteiger partial charge on any atom is 0.182 e. The normalized spacial score (nSPS) is 12.4. The molecule has 1 aromatic carbocycles. The molecule has 5 nitrogen and oxygen atoms in total. The Morgan fingerprint density at radius 2 is 1.76 bits per heavy atom. The minimum absolute atomic E-state index is 0.319. The Morgan fingerprint density at radius 1 is 1.14 bits per heavy atom. The summed E-state index contributed by atoms with van der Waals surface area (Å²) in [6.07, 6.45) is 1.93. The van der Waals surface area contributed by atoms with Crippen molar-refractivity contribution in [3.8, 4) is 11.3 Å². The van der Waals surface area contributed by atoms with Crippen LogP contribution in [0.4, 0.5) is 0 Å². The Morgan fingerprint density at radius 3 is 2.10 bits per heavy atom. The van der Waals surface area contributed by atoms with Crippen molar-refractivity contribution in [3.63, 3.8) is 0 Å². The van der Waals surface area contributed by atoms with Crippen LogP contribution in [0.1, 0.15) is 13.8 Å². The van der Waals surface area contributed by atoms with E-state index in [2.05, 4.69) is 23.2 Å². The van der Waals surface area contributed by atoms with Crippen LogP contribution in [-0.4, -0.2) is 38.0 Å². The molecule has 0 aliphatic heterocycles. The molecule has 1 atom stereocenters. The molecule has 0 saturated heterocycles. The minimum atomic E-state index is -2.20. The molecule has 0 spiro atoms. The zero-order chi connectivity index (χ0) is 15.7. The zero-order valence-corrected chi connectivity index (χ0v) is 13.4. The molecule has 0 radical (unpaired) electrons. The van der Waals surface area contributed by atoms with E-state index in [0.29, 0.717) is 13.1 Å². The van der Waals surface area contributed by atoms with Crippen molar-refractivity contribution >= 4 is 11.3 Å². The monoisotopic (exact) mass is 310 g/mol. The number of aromatic amines is 1. The summed E-state index contributed by atoms with van der Waals surface area (Å²) in [6.45, 7) is 4.40. The van der Waals surface area contributed by atoms with Crippen LogP contribution >= 0.6 is 0 Å². The summed E-state index contributed by atoms with van der Waals surface area (Å²) in [6, 6.07) is 14.3.